The van der Waals surface area contributed by atoms with E-state index in [0.29, 0.717) is 19.2 Å². The number of halogens is 3. The highest BCUT2D eigenvalue weighted by molar-refractivity contribution is 5.24. The lowest BCUT2D eigenvalue weighted by atomic mass is 9.64. The van der Waals surface area contributed by atoms with E-state index in [4.69, 9.17) is 4.74 Å². The number of hydrogen-bond donors (Lipinski definition) is 1. The Morgan fingerprint density at radius 1 is 1.24 bits per heavy atom. The van der Waals surface area contributed by atoms with Crippen molar-refractivity contribution in [1.82, 2.24) is 5.32 Å². The van der Waals surface area contributed by atoms with Crippen LogP contribution < -0.4 is 5.32 Å². The molecule has 0 aromatic heterocycles. The largest absolute Gasteiger partial charge is 0.416 e. The molecule has 0 spiro atoms. The molecule has 1 aromatic rings. The average Bonchev–Trinajstić information content (AvgIpc) is 2.41. The maximum atomic E-state index is 12.5. The number of benzene rings is 1. The van der Waals surface area contributed by atoms with Gasteiger partial charge in [0.1, 0.15) is 0 Å². The summed E-state index contributed by atoms with van der Waals surface area (Å²) in [6.45, 7) is 7.58. The van der Waals surface area contributed by atoms with Gasteiger partial charge in [-0.05, 0) is 31.0 Å². The topological polar surface area (TPSA) is 21.3 Å². The molecule has 1 N–H and O–H groups in total. The minimum Gasteiger partial charge on any atom is -0.378 e. The Balaban J connectivity index is 1.87. The van der Waals surface area contributed by atoms with Gasteiger partial charge < -0.3 is 10.1 Å². The molecule has 1 fully saturated rings. The molecule has 0 heterocycles. The van der Waals surface area contributed by atoms with E-state index in [-0.39, 0.29) is 11.5 Å². The molecule has 21 heavy (non-hydrogen) atoms. The molecule has 1 aliphatic rings. The molecule has 1 aliphatic carbocycles. The summed E-state index contributed by atoms with van der Waals surface area (Å²) in [7, 11) is 0. The van der Waals surface area contributed by atoms with Crippen LogP contribution in [0, 0.1) is 5.41 Å². The molecule has 0 bridgehead atoms. The smallest absolute Gasteiger partial charge is 0.378 e. The van der Waals surface area contributed by atoms with Crippen LogP contribution in [0.3, 0.4) is 0 Å². The van der Waals surface area contributed by atoms with Gasteiger partial charge in [-0.15, -0.1) is 0 Å². The Kier molecular flexibility index (Phi) is 4.63. The molecule has 1 aromatic carbocycles. The van der Waals surface area contributed by atoms with Crippen LogP contribution in [0.1, 0.15) is 38.3 Å². The van der Waals surface area contributed by atoms with Gasteiger partial charge in [0.2, 0.25) is 0 Å². The first-order valence-corrected chi connectivity index (χ1v) is 7.26. The van der Waals surface area contributed by atoms with Gasteiger partial charge in [-0.1, -0.05) is 26.0 Å². The normalized spacial score (nSPS) is 24.7. The Labute approximate surface area is 123 Å². The maximum Gasteiger partial charge on any atom is 0.416 e. The Morgan fingerprint density at radius 3 is 2.33 bits per heavy atom. The van der Waals surface area contributed by atoms with Gasteiger partial charge in [0, 0.05) is 24.6 Å². The van der Waals surface area contributed by atoms with E-state index in [2.05, 4.69) is 19.2 Å². The zero-order valence-corrected chi connectivity index (χ0v) is 12.6. The summed E-state index contributed by atoms with van der Waals surface area (Å²) in [5, 5.41) is 3.41. The average molecular weight is 301 g/mol. The number of rotatable bonds is 5. The molecule has 5 heteroatoms. The zero-order chi connectivity index (χ0) is 15.7. The molecule has 0 radical (unpaired) electrons. The van der Waals surface area contributed by atoms with E-state index in [1.54, 1.807) is 0 Å². The van der Waals surface area contributed by atoms with Crippen LogP contribution >= 0.6 is 0 Å². The fraction of sp³-hybridized carbons (Fsp3) is 0.625. The molecule has 0 saturated heterocycles. The Bertz CT molecular complexity index is 467. The number of hydrogen-bond acceptors (Lipinski definition) is 2. The lowest BCUT2D eigenvalue weighted by molar-refractivity contribution is -0.137. The van der Waals surface area contributed by atoms with E-state index < -0.39 is 11.7 Å². The molecule has 2 atom stereocenters. The van der Waals surface area contributed by atoms with Crippen LogP contribution in [0.4, 0.5) is 13.2 Å². The van der Waals surface area contributed by atoms with Crippen LogP contribution in [0.15, 0.2) is 24.3 Å². The lowest BCUT2D eigenvalue weighted by Crippen LogP contribution is -2.60. The molecular weight excluding hydrogens is 279 g/mol. The third-order valence-electron chi connectivity index (χ3n) is 4.38. The number of nitrogens with one attached hydrogen (secondary N) is 1. The highest BCUT2D eigenvalue weighted by atomic mass is 19.4. The SMILES string of the molecule is CCOC1CC(NCc2ccc(C(F)(F)F)cc2)C1(C)C. The maximum absolute atomic E-state index is 12.5. The first kappa shape index (κ1) is 16.3. The standard InChI is InChI=1S/C16H22F3NO/c1-4-21-14-9-13(15(14,2)3)20-10-11-5-7-12(8-6-11)16(17,18)19/h5-8,13-14,20H,4,9-10H2,1-3H3. The first-order chi connectivity index (χ1) is 9.75. The molecule has 118 valence electrons. The fourth-order valence-corrected chi connectivity index (χ4v) is 2.77. The van der Waals surface area contributed by atoms with Gasteiger partial charge in [-0.2, -0.15) is 13.2 Å². The van der Waals surface area contributed by atoms with Gasteiger partial charge in [0.05, 0.1) is 11.7 Å². The molecule has 2 nitrogen and oxygen atoms in total. The summed E-state index contributed by atoms with van der Waals surface area (Å²) in [5.41, 5.74) is 0.312. The quantitative estimate of drug-likeness (QED) is 0.887. The predicted octanol–water partition coefficient (Wildman–Crippen LogP) is 4.00. The van der Waals surface area contributed by atoms with Gasteiger partial charge >= 0.3 is 6.18 Å². The van der Waals surface area contributed by atoms with Crippen molar-refractivity contribution < 1.29 is 17.9 Å². The Hall–Kier alpha value is -1.07. The van der Waals surface area contributed by atoms with Crippen LogP contribution in [-0.2, 0) is 17.5 Å². The summed E-state index contributed by atoms with van der Waals surface area (Å²) in [6.07, 6.45) is -3.07. The molecule has 1 saturated carbocycles. The van der Waals surface area contributed by atoms with Crippen molar-refractivity contribution >= 4 is 0 Å². The van der Waals surface area contributed by atoms with Crippen molar-refractivity contribution in [3.05, 3.63) is 35.4 Å². The predicted molar refractivity (Wildman–Crippen MR) is 75.9 cm³/mol. The van der Waals surface area contributed by atoms with E-state index in [1.165, 1.54) is 12.1 Å². The van der Waals surface area contributed by atoms with Gasteiger partial charge in [-0.25, -0.2) is 0 Å². The van der Waals surface area contributed by atoms with E-state index >= 15 is 0 Å². The fourth-order valence-electron chi connectivity index (χ4n) is 2.77. The molecular formula is C16H22F3NO. The second-order valence-electron chi connectivity index (χ2n) is 6.13. The van der Waals surface area contributed by atoms with Crippen LogP contribution in [0.5, 0.6) is 0 Å². The zero-order valence-electron chi connectivity index (χ0n) is 12.6. The van der Waals surface area contributed by atoms with Crippen LogP contribution in [-0.4, -0.2) is 18.8 Å². The van der Waals surface area contributed by atoms with Crippen molar-refractivity contribution in [3.63, 3.8) is 0 Å². The third-order valence-corrected chi connectivity index (χ3v) is 4.38. The van der Waals surface area contributed by atoms with Crippen molar-refractivity contribution in [2.45, 2.75) is 52.1 Å². The summed E-state index contributed by atoms with van der Waals surface area (Å²) in [4.78, 5) is 0. The number of alkyl halides is 3. The monoisotopic (exact) mass is 301 g/mol. The Morgan fingerprint density at radius 2 is 1.86 bits per heavy atom. The molecule has 0 aliphatic heterocycles. The molecule has 0 amide bonds. The van der Waals surface area contributed by atoms with Crippen molar-refractivity contribution in [2.24, 2.45) is 5.41 Å². The van der Waals surface area contributed by atoms with Gasteiger partial charge in [-0.3, -0.25) is 0 Å². The van der Waals surface area contributed by atoms with Crippen molar-refractivity contribution in [3.8, 4) is 0 Å². The second kappa shape index (κ2) is 5.97. The van der Waals surface area contributed by atoms with Gasteiger partial charge in [0.15, 0.2) is 0 Å². The third kappa shape index (κ3) is 3.58. The second-order valence-corrected chi connectivity index (χ2v) is 6.13. The van der Waals surface area contributed by atoms with Crippen molar-refractivity contribution in [1.29, 1.82) is 0 Å². The lowest BCUT2D eigenvalue weighted by Gasteiger charge is -2.52. The summed E-state index contributed by atoms with van der Waals surface area (Å²) < 4.78 is 43.1. The van der Waals surface area contributed by atoms with E-state index in [1.807, 2.05) is 6.92 Å². The van der Waals surface area contributed by atoms with Crippen molar-refractivity contribution in [2.75, 3.05) is 6.61 Å². The number of ether oxygens (including phenoxy) is 1. The van der Waals surface area contributed by atoms with Crippen LogP contribution in [0.2, 0.25) is 0 Å². The highest BCUT2D eigenvalue weighted by Gasteiger charge is 2.48. The highest BCUT2D eigenvalue weighted by Crippen LogP contribution is 2.42. The molecule has 2 unspecified atom stereocenters. The van der Waals surface area contributed by atoms with Gasteiger partial charge in [0.25, 0.3) is 0 Å². The summed E-state index contributed by atoms with van der Waals surface area (Å²) in [6, 6.07) is 5.65. The minimum atomic E-state index is -4.27. The summed E-state index contributed by atoms with van der Waals surface area (Å²) in [5.74, 6) is 0. The first-order valence-electron chi connectivity index (χ1n) is 7.26. The summed E-state index contributed by atoms with van der Waals surface area (Å²) >= 11 is 0. The van der Waals surface area contributed by atoms with E-state index in [0.717, 1.165) is 24.1 Å². The van der Waals surface area contributed by atoms with Crippen LogP contribution in [0.25, 0.3) is 0 Å². The molecule has 2 rings (SSSR count). The van der Waals surface area contributed by atoms with E-state index in [9.17, 15) is 13.2 Å². The minimum absolute atomic E-state index is 0.0575.